The third-order valence-corrected chi connectivity index (χ3v) is 3.53. The lowest BCUT2D eigenvalue weighted by Crippen LogP contribution is -2.30. The van der Waals surface area contributed by atoms with E-state index in [1.54, 1.807) is 0 Å². The number of hydrogen-bond acceptors (Lipinski definition) is 2. The molecule has 20 heavy (non-hydrogen) atoms. The minimum Gasteiger partial charge on any atom is -0.325 e. The number of carbonyl (C=O) groups excluding carboxylic acids is 1. The fourth-order valence-corrected chi connectivity index (χ4v) is 2.11. The van der Waals surface area contributed by atoms with E-state index in [1.807, 2.05) is 61.5 Å². The number of anilines is 1. The highest BCUT2D eigenvalue weighted by Crippen LogP contribution is 2.14. The quantitative estimate of drug-likeness (QED) is 0.875. The fourth-order valence-electron chi connectivity index (χ4n) is 1.84. The third-order valence-electron chi connectivity index (χ3n) is 3.00. The molecule has 0 fully saturated rings. The SMILES string of the molecule is CC(NCC(=O)Nc1ccc(Br)cc1)c1ccccc1. The van der Waals surface area contributed by atoms with E-state index in [4.69, 9.17) is 0 Å². The molecule has 2 N–H and O–H groups in total. The van der Waals surface area contributed by atoms with Gasteiger partial charge in [0.1, 0.15) is 0 Å². The van der Waals surface area contributed by atoms with Crippen molar-refractivity contribution in [2.24, 2.45) is 0 Å². The van der Waals surface area contributed by atoms with Crippen LogP contribution in [-0.4, -0.2) is 12.5 Å². The summed E-state index contributed by atoms with van der Waals surface area (Å²) in [5.74, 6) is -0.0462. The van der Waals surface area contributed by atoms with Crippen LogP contribution in [0.4, 0.5) is 5.69 Å². The Morgan fingerprint density at radius 1 is 1.10 bits per heavy atom. The van der Waals surface area contributed by atoms with Gasteiger partial charge in [0.05, 0.1) is 6.54 Å². The van der Waals surface area contributed by atoms with Crippen molar-refractivity contribution < 1.29 is 4.79 Å². The lowest BCUT2D eigenvalue weighted by Gasteiger charge is -2.14. The molecule has 2 aromatic carbocycles. The van der Waals surface area contributed by atoms with Crippen LogP contribution >= 0.6 is 15.9 Å². The smallest absolute Gasteiger partial charge is 0.238 e. The number of nitrogens with one attached hydrogen (secondary N) is 2. The molecule has 4 heteroatoms. The number of benzene rings is 2. The second-order valence-electron chi connectivity index (χ2n) is 4.57. The number of carbonyl (C=O) groups is 1. The molecule has 0 saturated carbocycles. The minimum absolute atomic E-state index is 0.0462. The predicted molar refractivity (Wildman–Crippen MR) is 85.6 cm³/mol. The number of amides is 1. The third kappa shape index (κ3) is 4.47. The Labute approximate surface area is 127 Å². The van der Waals surface area contributed by atoms with Crippen LogP contribution in [0.1, 0.15) is 18.5 Å². The highest BCUT2D eigenvalue weighted by molar-refractivity contribution is 9.10. The van der Waals surface area contributed by atoms with Crippen LogP contribution in [0.5, 0.6) is 0 Å². The van der Waals surface area contributed by atoms with Gasteiger partial charge in [0.25, 0.3) is 0 Å². The van der Waals surface area contributed by atoms with Crippen LogP contribution in [0, 0.1) is 0 Å². The Morgan fingerprint density at radius 3 is 2.40 bits per heavy atom. The molecule has 0 aromatic heterocycles. The van der Waals surface area contributed by atoms with E-state index < -0.39 is 0 Å². The summed E-state index contributed by atoms with van der Waals surface area (Å²) in [5.41, 5.74) is 1.97. The molecule has 1 unspecified atom stereocenters. The van der Waals surface area contributed by atoms with E-state index in [0.29, 0.717) is 0 Å². The highest BCUT2D eigenvalue weighted by Gasteiger charge is 2.07. The van der Waals surface area contributed by atoms with Crippen molar-refractivity contribution in [2.75, 3.05) is 11.9 Å². The molecule has 2 aromatic rings. The molecule has 0 bridgehead atoms. The Hall–Kier alpha value is -1.65. The molecular weight excluding hydrogens is 316 g/mol. The van der Waals surface area contributed by atoms with Crippen molar-refractivity contribution >= 4 is 27.5 Å². The lowest BCUT2D eigenvalue weighted by atomic mass is 10.1. The Kier molecular flexibility index (Phi) is 5.32. The van der Waals surface area contributed by atoms with E-state index in [2.05, 4.69) is 26.6 Å². The molecule has 0 saturated heterocycles. The highest BCUT2D eigenvalue weighted by atomic mass is 79.9. The summed E-state index contributed by atoms with van der Waals surface area (Å²) in [5, 5.41) is 6.06. The summed E-state index contributed by atoms with van der Waals surface area (Å²) in [4.78, 5) is 11.8. The lowest BCUT2D eigenvalue weighted by molar-refractivity contribution is -0.115. The van der Waals surface area contributed by atoms with Gasteiger partial charge in [0, 0.05) is 16.2 Å². The summed E-state index contributed by atoms with van der Waals surface area (Å²) in [7, 11) is 0. The zero-order valence-corrected chi connectivity index (χ0v) is 12.9. The average molecular weight is 333 g/mol. The summed E-state index contributed by atoms with van der Waals surface area (Å²) in [6, 6.07) is 17.7. The first kappa shape index (κ1) is 14.8. The molecule has 104 valence electrons. The van der Waals surface area contributed by atoms with Gasteiger partial charge in [-0.1, -0.05) is 46.3 Å². The van der Waals surface area contributed by atoms with E-state index in [0.717, 1.165) is 10.2 Å². The molecule has 0 aliphatic carbocycles. The van der Waals surface area contributed by atoms with Gasteiger partial charge in [-0.2, -0.15) is 0 Å². The first-order valence-corrected chi connectivity index (χ1v) is 7.28. The van der Waals surface area contributed by atoms with Crippen LogP contribution in [0.3, 0.4) is 0 Å². The standard InChI is InChI=1S/C16H17BrN2O/c1-12(13-5-3-2-4-6-13)18-11-16(20)19-15-9-7-14(17)8-10-15/h2-10,12,18H,11H2,1H3,(H,19,20). The monoisotopic (exact) mass is 332 g/mol. The normalized spacial score (nSPS) is 11.9. The molecule has 3 nitrogen and oxygen atoms in total. The molecule has 2 rings (SSSR count). The van der Waals surface area contributed by atoms with Gasteiger partial charge >= 0.3 is 0 Å². The number of rotatable bonds is 5. The van der Waals surface area contributed by atoms with Gasteiger partial charge in [-0.25, -0.2) is 0 Å². The molecule has 0 aliphatic rings. The van der Waals surface area contributed by atoms with Crippen molar-refractivity contribution in [1.82, 2.24) is 5.32 Å². The first-order chi connectivity index (χ1) is 9.65. The van der Waals surface area contributed by atoms with Crippen molar-refractivity contribution in [3.8, 4) is 0 Å². The number of hydrogen-bond donors (Lipinski definition) is 2. The second kappa shape index (κ2) is 7.22. The Balaban J connectivity index is 1.82. The van der Waals surface area contributed by atoms with Gasteiger partial charge < -0.3 is 10.6 Å². The van der Waals surface area contributed by atoms with E-state index >= 15 is 0 Å². The van der Waals surface area contributed by atoms with Crippen molar-refractivity contribution in [3.63, 3.8) is 0 Å². The topological polar surface area (TPSA) is 41.1 Å². The van der Waals surface area contributed by atoms with Crippen molar-refractivity contribution in [2.45, 2.75) is 13.0 Å². The molecule has 0 spiro atoms. The van der Waals surface area contributed by atoms with Crippen LogP contribution in [0.25, 0.3) is 0 Å². The summed E-state index contributed by atoms with van der Waals surface area (Å²) < 4.78 is 0.992. The Morgan fingerprint density at radius 2 is 1.75 bits per heavy atom. The van der Waals surface area contributed by atoms with Gasteiger partial charge in [-0.3, -0.25) is 4.79 Å². The summed E-state index contributed by atoms with van der Waals surface area (Å²) in [6.45, 7) is 2.33. The van der Waals surface area contributed by atoms with E-state index in [9.17, 15) is 4.79 Å². The van der Waals surface area contributed by atoms with Crippen LogP contribution in [0.2, 0.25) is 0 Å². The molecule has 0 radical (unpaired) electrons. The van der Waals surface area contributed by atoms with Crippen LogP contribution in [0.15, 0.2) is 59.1 Å². The zero-order valence-electron chi connectivity index (χ0n) is 11.3. The van der Waals surface area contributed by atoms with E-state index in [1.165, 1.54) is 5.56 Å². The first-order valence-electron chi connectivity index (χ1n) is 6.49. The van der Waals surface area contributed by atoms with Crippen LogP contribution < -0.4 is 10.6 Å². The molecule has 1 amide bonds. The largest absolute Gasteiger partial charge is 0.325 e. The summed E-state index contributed by atoms with van der Waals surface area (Å²) in [6.07, 6.45) is 0. The zero-order chi connectivity index (χ0) is 14.4. The van der Waals surface area contributed by atoms with Gasteiger partial charge in [0.2, 0.25) is 5.91 Å². The second-order valence-corrected chi connectivity index (χ2v) is 5.48. The maximum atomic E-state index is 11.8. The van der Waals surface area contributed by atoms with Crippen molar-refractivity contribution in [1.29, 1.82) is 0 Å². The number of halogens is 1. The molecule has 1 atom stereocenters. The maximum Gasteiger partial charge on any atom is 0.238 e. The van der Waals surface area contributed by atoms with Crippen molar-refractivity contribution in [3.05, 3.63) is 64.6 Å². The maximum absolute atomic E-state index is 11.8. The predicted octanol–water partition coefficient (Wildman–Crippen LogP) is 3.74. The molecular formula is C16H17BrN2O. The van der Waals surface area contributed by atoms with E-state index in [-0.39, 0.29) is 18.5 Å². The van der Waals surface area contributed by atoms with Crippen LogP contribution in [-0.2, 0) is 4.79 Å². The Bertz CT molecular complexity index is 554. The summed E-state index contributed by atoms with van der Waals surface area (Å²) >= 11 is 3.36. The van der Waals surface area contributed by atoms with Gasteiger partial charge in [-0.15, -0.1) is 0 Å². The van der Waals surface area contributed by atoms with Gasteiger partial charge in [-0.05, 0) is 36.8 Å². The molecule has 0 aliphatic heterocycles. The molecule has 0 heterocycles. The fraction of sp³-hybridized carbons (Fsp3) is 0.188. The average Bonchev–Trinajstić information content (AvgIpc) is 2.48. The van der Waals surface area contributed by atoms with Gasteiger partial charge in [0.15, 0.2) is 0 Å². The minimum atomic E-state index is -0.0462.